The van der Waals surface area contributed by atoms with Gasteiger partial charge in [0.05, 0.1) is 5.69 Å². The summed E-state index contributed by atoms with van der Waals surface area (Å²) in [5.74, 6) is -0.222. The van der Waals surface area contributed by atoms with Crippen molar-refractivity contribution in [2.24, 2.45) is 0 Å². The number of nitriles is 1. The number of amides is 1. The van der Waals surface area contributed by atoms with Gasteiger partial charge in [-0.15, -0.1) is 11.3 Å². The van der Waals surface area contributed by atoms with E-state index in [-0.39, 0.29) is 18.2 Å². The topological polar surface area (TPSA) is 93.4 Å². The van der Waals surface area contributed by atoms with Crippen LogP contribution in [0, 0.1) is 11.3 Å². The average Bonchev–Trinajstić information content (AvgIpc) is 3.42. The highest BCUT2D eigenvalue weighted by Gasteiger charge is 2.40. The van der Waals surface area contributed by atoms with Gasteiger partial charge in [-0.05, 0) is 68.5 Å². The van der Waals surface area contributed by atoms with Crippen LogP contribution in [0.25, 0.3) is 11.3 Å². The average molecular weight is 464 g/mol. The van der Waals surface area contributed by atoms with E-state index in [0.29, 0.717) is 23.4 Å². The first-order chi connectivity index (χ1) is 15.7. The zero-order chi connectivity index (χ0) is 23.8. The van der Waals surface area contributed by atoms with Crippen LogP contribution < -0.4 is 5.32 Å². The Bertz CT molecular complexity index is 1250. The Morgan fingerprint density at radius 1 is 1.30 bits per heavy atom. The quantitative estimate of drug-likeness (QED) is 0.554. The number of hydrogen-bond acceptors (Lipinski definition) is 6. The van der Waals surface area contributed by atoms with Gasteiger partial charge >= 0.3 is 6.09 Å². The minimum absolute atomic E-state index is 0.0668. The van der Waals surface area contributed by atoms with Crippen LogP contribution >= 0.6 is 11.3 Å². The summed E-state index contributed by atoms with van der Waals surface area (Å²) in [7, 11) is 0. The van der Waals surface area contributed by atoms with Gasteiger partial charge in [0.25, 0.3) is 0 Å². The second-order valence-electron chi connectivity index (χ2n) is 8.79. The molecule has 1 aliphatic rings. The van der Waals surface area contributed by atoms with E-state index in [4.69, 9.17) is 9.47 Å². The van der Waals surface area contributed by atoms with Gasteiger partial charge < -0.3 is 14.8 Å². The molecule has 1 aliphatic heterocycles. The lowest BCUT2D eigenvalue weighted by atomic mass is 9.86. The molecule has 1 amide bonds. The molecular formula is C25H25N3O4S. The van der Waals surface area contributed by atoms with Crippen LogP contribution in [0.4, 0.5) is 10.5 Å². The van der Waals surface area contributed by atoms with Crippen molar-refractivity contribution in [3.8, 4) is 17.3 Å². The fourth-order valence-electron chi connectivity index (χ4n) is 4.03. The molecule has 33 heavy (non-hydrogen) atoms. The molecule has 1 N–H and O–H groups in total. The number of nitrogens with zero attached hydrogens (tertiary/aromatic N) is 2. The third-order valence-corrected chi connectivity index (χ3v) is 6.48. The molecular weight excluding hydrogens is 438 g/mol. The summed E-state index contributed by atoms with van der Waals surface area (Å²) in [6.07, 6.45) is -0.0197. The first-order valence-corrected chi connectivity index (χ1v) is 11.5. The highest BCUT2D eigenvalue weighted by atomic mass is 32.1. The molecule has 4 rings (SSSR count). The summed E-state index contributed by atoms with van der Waals surface area (Å²) in [6, 6.07) is 14.9. The standard InChI is InChI=1S/C25H25N3O4S/c1-5-25(21-7-6-12-33-21)18-13-16(8-10-19(18)27-22(29)15-31-25)20-11-9-17(14-26)28(20)23(30)32-24(2,3)4/h6-13H,5,15H2,1-4H3,(H,27,29)/t25-/m0/s1. The summed E-state index contributed by atoms with van der Waals surface area (Å²) in [6.45, 7) is 7.28. The largest absolute Gasteiger partial charge is 0.443 e. The third kappa shape index (κ3) is 4.17. The smallest absolute Gasteiger partial charge is 0.420 e. The van der Waals surface area contributed by atoms with E-state index in [0.717, 1.165) is 10.4 Å². The Morgan fingerprint density at radius 3 is 2.73 bits per heavy atom. The monoisotopic (exact) mass is 463 g/mol. The Morgan fingerprint density at radius 2 is 2.09 bits per heavy atom. The summed E-state index contributed by atoms with van der Waals surface area (Å²) < 4.78 is 13.1. The molecule has 0 radical (unpaired) electrons. The van der Waals surface area contributed by atoms with Crippen molar-refractivity contribution in [1.82, 2.24) is 4.57 Å². The van der Waals surface area contributed by atoms with Gasteiger partial charge in [0.1, 0.15) is 29.6 Å². The predicted octanol–water partition coefficient (Wildman–Crippen LogP) is 5.49. The summed E-state index contributed by atoms with van der Waals surface area (Å²) in [4.78, 5) is 26.3. The molecule has 7 nitrogen and oxygen atoms in total. The Balaban J connectivity index is 1.90. The van der Waals surface area contributed by atoms with Gasteiger partial charge in [-0.2, -0.15) is 5.26 Å². The van der Waals surface area contributed by atoms with E-state index < -0.39 is 17.3 Å². The molecule has 170 valence electrons. The first kappa shape index (κ1) is 22.8. The summed E-state index contributed by atoms with van der Waals surface area (Å²) >= 11 is 1.56. The second kappa shape index (κ2) is 8.50. The number of carbonyl (C=O) groups is 2. The SMILES string of the molecule is CC[C@]1(c2cccs2)OCC(=O)Nc2ccc(-c3ccc(C#N)n3C(=O)OC(C)(C)C)cc21. The highest BCUT2D eigenvalue weighted by Crippen LogP contribution is 2.45. The maximum atomic E-state index is 13.0. The Kier molecular flexibility index (Phi) is 5.87. The maximum absolute atomic E-state index is 13.0. The molecule has 0 fully saturated rings. The van der Waals surface area contributed by atoms with Gasteiger partial charge in [0, 0.05) is 16.1 Å². The van der Waals surface area contributed by atoms with Crippen LogP contribution in [0.2, 0.25) is 0 Å². The van der Waals surface area contributed by atoms with Crippen molar-refractivity contribution in [2.45, 2.75) is 45.3 Å². The lowest BCUT2D eigenvalue weighted by molar-refractivity contribution is -0.125. The molecule has 3 heterocycles. The van der Waals surface area contributed by atoms with E-state index in [1.54, 1.807) is 44.2 Å². The number of fused-ring (bicyclic) bond motifs is 1. The van der Waals surface area contributed by atoms with Crippen LogP contribution in [0.1, 0.15) is 50.3 Å². The third-order valence-electron chi connectivity index (χ3n) is 5.46. The molecule has 0 saturated carbocycles. The number of benzene rings is 1. The van der Waals surface area contributed by atoms with Crippen molar-refractivity contribution < 1.29 is 19.1 Å². The van der Waals surface area contributed by atoms with Gasteiger partial charge in [-0.25, -0.2) is 9.36 Å². The molecule has 1 aromatic carbocycles. The highest BCUT2D eigenvalue weighted by molar-refractivity contribution is 7.10. The van der Waals surface area contributed by atoms with Crippen molar-refractivity contribution in [3.63, 3.8) is 0 Å². The molecule has 1 atom stereocenters. The molecule has 0 saturated heterocycles. The molecule has 0 unspecified atom stereocenters. The van der Waals surface area contributed by atoms with Gasteiger partial charge in [0.15, 0.2) is 0 Å². The first-order valence-electron chi connectivity index (χ1n) is 10.7. The number of anilines is 1. The van der Waals surface area contributed by atoms with Gasteiger partial charge in [-0.1, -0.05) is 19.1 Å². The minimum Gasteiger partial charge on any atom is -0.443 e. The number of carbonyl (C=O) groups excluding carboxylic acids is 2. The van der Waals surface area contributed by atoms with Crippen molar-refractivity contribution in [1.29, 1.82) is 5.26 Å². The van der Waals surface area contributed by atoms with Crippen LogP contribution in [0.5, 0.6) is 0 Å². The zero-order valence-electron chi connectivity index (χ0n) is 19.0. The number of hydrogen-bond donors (Lipinski definition) is 1. The lowest BCUT2D eigenvalue weighted by Crippen LogP contribution is -2.30. The number of nitrogens with one attached hydrogen (secondary N) is 1. The second-order valence-corrected chi connectivity index (χ2v) is 9.73. The number of thiophene rings is 1. The lowest BCUT2D eigenvalue weighted by Gasteiger charge is -2.32. The number of ether oxygens (including phenoxy) is 2. The van der Waals surface area contributed by atoms with Crippen LogP contribution in [0.15, 0.2) is 47.8 Å². The maximum Gasteiger partial charge on any atom is 0.420 e. The van der Waals surface area contributed by atoms with Crippen LogP contribution in [-0.4, -0.2) is 28.8 Å². The van der Waals surface area contributed by atoms with E-state index >= 15 is 0 Å². The predicted molar refractivity (Wildman–Crippen MR) is 126 cm³/mol. The van der Waals surface area contributed by atoms with Crippen molar-refractivity contribution >= 4 is 29.0 Å². The number of aromatic nitrogens is 1. The normalized spacial score (nSPS) is 18.1. The summed E-state index contributed by atoms with van der Waals surface area (Å²) in [5, 5.41) is 14.5. The molecule has 8 heteroatoms. The fourth-order valence-corrected chi connectivity index (χ4v) is 5.00. The zero-order valence-corrected chi connectivity index (χ0v) is 19.8. The number of rotatable bonds is 3. The van der Waals surface area contributed by atoms with Crippen LogP contribution in [0.3, 0.4) is 0 Å². The molecule has 3 aromatic rings. The fraction of sp³-hybridized carbons (Fsp3) is 0.320. The van der Waals surface area contributed by atoms with E-state index in [1.165, 1.54) is 4.57 Å². The molecule has 0 aliphatic carbocycles. The van der Waals surface area contributed by atoms with Crippen molar-refractivity contribution in [3.05, 3.63) is 64.0 Å². The van der Waals surface area contributed by atoms with Gasteiger partial charge in [-0.3, -0.25) is 4.79 Å². The Labute approximate surface area is 196 Å². The molecule has 2 aromatic heterocycles. The Hall–Kier alpha value is -3.41. The molecule has 0 spiro atoms. The minimum atomic E-state index is -0.819. The van der Waals surface area contributed by atoms with Gasteiger partial charge in [0.2, 0.25) is 5.91 Å². The van der Waals surface area contributed by atoms with E-state index in [9.17, 15) is 14.9 Å². The molecule has 0 bridgehead atoms. The van der Waals surface area contributed by atoms with Crippen LogP contribution in [-0.2, 0) is 19.9 Å². The van der Waals surface area contributed by atoms with Crippen molar-refractivity contribution in [2.75, 3.05) is 11.9 Å². The summed E-state index contributed by atoms with van der Waals surface area (Å²) in [5.41, 5.74) is 1.33. The van der Waals surface area contributed by atoms with E-state index in [2.05, 4.69) is 11.4 Å². The van der Waals surface area contributed by atoms with E-state index in [1.807, 2.05) is 42.6 Å².